The number of unbranched alkanes of at least 4 members (excludes halogenated alkanes) is 1. The molecule has 0 N–H and O–H groups in total. The lowest BCUT2D eigenvalue weighted by atomic mass is 9.70. The maximum atomic E-state index is 12.5. The third kappa shape index (κ3) is 3.95. The highest BCUT2D eigenvalue weighted by Crippen LogP contribution is 2.45. The van der Waals surface area contributed by atoms with E-state index in [-0.39, 0.29) is 17.8 Å². The molecular weight excluding hydrogens is 308 g/mol. The second kappa shape index (κ2) is 8.33. The Labute approximate surface area is 151 Å². The fourth-order valence-electron chi connectivity index (χ4n) is 3.99. The van der Waals surface area contributed by atoms with E-state index < -0.39 is 0 Å². The van der Waals surface area contributed by atoms with Gasteiger partial charge in [0, 0.05) is 5.92 Å². The molecular formula is C23H28O2. The quantitative estimate of drug-likeness (QED) is 0.501. The number of carbonyl (C=O) groups is 1. The highest BCUT2D eigenvalue weighted by molar-refractivity contribution is 5.73. The highest BCUT2D eigenvalue weighted by atomic mass is 16.5. The molecule has 2 nitrogen and oxygen atoms in total. The van der Waals surface area contributed by atoms with E-state index in [1.165, 1.54) is 16.7 Å². The van der Waals surface area contributed by atoms with E-state index in [4.69, 9.17) is 4.74 Å². The Bertz CT molecular complexity index is 692. The molecule has 2 heteroatoms. The summed E-state index contributed by atoms with van der Waals surface area (Å²) in [6.45, 7) is 4.68. The Kier molecular flexibility index (Phi) is 5.91. The Morgan fingerprint density at radius 1 is 1.04 bits per heavy atom. The summed E-state index contributed by atoms with van der Waals surface area (Å²) in [4.78, 5) is 12.5. The molecule has 1 aliphatic carbocycles. The van der Waals surface area contributed by atoms with Gasteiger partial charge in [-0.2, -0.15) is 0 Å². The summed E-state index contributed by atoms with van der Waals surface area (Å²) >= 11 is 0. The molecule has 0 amide bonds. The molecule has 1 aliphatic rings. The lowest BCUT2D eigenvalue weighted by Crippen LogP contribution is -2.26. The summed E-state index contributed by atoms with van der Waals surface area (Å²) < 4.78 is 5.49. The van der Waals surface area contributed by atoms with Crippen LogP contribution in [0, 0.1) is 5.92 Å². The van der Waals surface area contributed by atoms with Crippen LogP contribution in [0.3, 0.4) is 0 Å². The van der Waals surface area contributed by atoms with Crippen LogP contribution >= 0.6 is 0 Å². The van der Waals surface area contributed by atoms with Crippen LogP contribution in [0.15, 0.2) is 54.6 Å². The zero-order valence-electron chi connectivity index (χ0n) is 15.3. The Morgan fingerprint density at radius 3 is 2.44 bits per heavy atom. The van der Waals surface area contributed by atoms with Crippen molar-refractivity contribution in [3.8, 4) is 0 Å². The van der Waals surface area contributed by atoms with Gasteiger partial charge in [-0.15, -0.1) is 0 Å². The molecule has 0 saturated heterocycles. The van der Waals surface area contributed by atoms with Crippen molar-refractivity contribution in [1.82, 2.24) is 0 Å². The van der Waals surface area contributed by atoms with Crippen molar-refractivity contribution in [2.45, 2.75) is 51.4 Å². The number of fused-ring (bicyclic) bond motifs is 1. The number of benzene rings is 2. The summed E-state index contributed by atoms with van der Waals surface area (Å²) in [5.74, 6) is 0.545. The number of ether oxygens (including phenoxy) is 1. The van der Waals surface area contributed by atoms with E-state index in [2.05, 4.69) is 61.5 Å². The molecule has 0 heterocycles. The lowest BCUT2D eigenvalue weighted by molar-refractivity contribution is -0.149. The average molecular weight is 336 g/mol. The summed E-state index contributed by atoms with van der Waals surface area (Å²) in [7, 11) is 0. The third-order valence-corrected chi connectivity index (χ3v) is 5.46. The van der Waals surface area contributed by atoms with Crippen molar-refractivity contribution >= 4 is 5.97 Å². The molecule has 132 valence electrons. The van der Waals surface area contributed by atoms with Gasteiger partial charge in [0.1, 0.15) is 0 Å². The number of esters is 1. The number of hydrogen-bond acceptors (Lipinski definition) is 2. The van der Waals surface area contributed by atoms with Gasteiger partial charge in [-0.05, 0) is 41.9 Å². The smallest absolute Gasteiger partial charge is 0.309 e. The number of hydrogen-bond donors (Lipinski definition) is 0. The fourth-order valence-corrected chi connectivity index (χ4v) is 3.99. The standard InChI is InChI=1S/C23H28O2/c1-3-4-16-25-23(24)17(2)19-14-15-20(18-10-6-5-7-11-18)22-13-9-8-12-21(19)22/h5-13,17,19-20H,3-4,14-16H2,1-2H3. The fraction of sp³-hybridized carbons (Fsp3) is 0.435. The van der Waals surface area contributed by atoms with Gasteiger partial charge in [0.15, 0.2) is 0 Å². The van der Waals surface area contributed by atoms with Crippen LogP contribution in [0.25, 0.3) is 0 Å². The van der Waals surface area contributed by atoms with Crippen molar-refractivity contribution in [2.24, 2.45) is 5.92 Å². The normalized spacial score (nSPS) is 20.6. The van der Waals surface area contributed by atoms with Gasteiger partial charge in [-0.3, -0.25) is 4.79 Å². The SMILES string of the molecule is CCCCOC(=O)C(C)C1CCC(c2ccccc2)c2ccccc21. The Morgan fingerprint density at radius 2 is 1.72 bits per heavy atom. The third-order valence-electron chi connectivity index (χ3n) is 5.46. The summed E-state index contributed by atoms with van der Waals surface area (Å²) in [6.07, 6.45) is 4.10. The van der Waals surface area contributed by atoms with Gasteiger partial charge in [-0.25, -0.2) is 0 Å². The molecule has 0 bridgehead atoms. The molecule has 0 radical (unpaired) electrons. The van der Waals surface area contributed by atoms with Crippen LogP contribution in [0.1, 0.15) is 68.1 Å². The minimum atomic E-state index is -0.0882. The maximum Gasteiger partial charge on any atom is 0.309 e. The Hall–Kier alpha value is -2.09. The van der Waals surface area contributed by atoms with Gasteiger partial charge in [0.25, 0.3) is 0 Å². The van der Waals surface area contributed by atoms with Crippen LogP contribution < -0.4 is 0 Å². The Balaban J connectivity index is 1.82. The second-order valence-corrected chi connectivity index (χ2v) is 7.09. The molecule has 3 unspecified atom stereocenters. The van der Waals surface area contributed by atoms with E-state index in [1.807, 2.05) is 6.92 Å². The number of carbonyl (C=O) groups excluding carboxylic acids is 1. The minimum Gasteiger partial charge on any atom is -0.465 e. The van der Waals surface area contributed by atoms with E-state index in [0.717, 1.165) is 25.7 Å². The first-order valence-electron chi connectivity index (χ1n) is 9.52. The zero-order chi connectivity index (χ0) is 17.6. The van der Waals surface area contributed by atoms with E-state index >= 15 is 0 Å². The van der Waals surface area contributed by atoms with E-state index in [1.54, 1.807) is 0 Å². The molecule has 0 aromatic heterocycles. The molecule has 0 fully saturated rings. The molecule has 2 aromatic rings. The van der Waals surface area contributed by atoms with Crippen LogP contribution in [0.2, 0.25) is 0 Å². The largest absolute Gasteiger partial charge is 0.465 e. The highest BCUT2D eigenvalue weighted by Gasteiger charge is 2.34. The summed E-state index contributed by atoms with van der Waals surface area (Å²) in [6, 6.07) is 19.3. The molecule has 3 rings (SSSR count). The zero-order valence-corrected chi connectivity index (χ0v) is 15.3. The number of rotatable bonds is 6. The molecule has 2 aromatic carbocycles. The topological polar surface area (TPSA) is 26.3 Å². The molecule has 0 aliphatic heterocycles. The molecule has 3 atom stereocenters. The van der Waals surface area contributed by atoms with Gasteiger partial charge in [0.2, 0.25) is 0 Å². The molecule has 0 saturated carbocycles. The maximum absolute atomic E-state index is 12.5. The monoisotopic (exact) mass is 336 g/mol. The average Bonchev–Trinajstić information content (AvgIpc) is 2.67. The molecule has 0 spiro atoms. The van der Waals surface area contributed by atoms with Crippen molar-refractivity contribution in [2.75, 3.05) is 6.61 Å². The van der Waals surface area contributed by atoms with Crippen molar-refractivity contribution in [3.63, 3.8) is 0 Å². The predicted octanol–water partition coefficient (Wildman–Crippen LogP) is 5.68. The second-order valence-electron chi connectivity index (χ2n) is 7.09. The van der Waals surface area contributed by atoms with Crippen LogP contribution in [-0.2, 0) is 9.53 Å². The lowest BCUT2D eigenvalue weighted by Gasteiger charge is -2.34. The first kappa shape index (κ1) is 17.7. The van der Waals surface area contributed by atoms with Gasteiger partial charge in [-0.1, -0.05) is 74.9 Å². The summed E-state index contributed by atoms with van der Waals surface area (Å²) in [5.41, 5.74) is 4.06. The summed E-state index contributed by atoms with van der Waals surface area (Å²) in [5, 5.41) is 0. The van der Waals surface area contributed by atoms with Crippen molar-refractivity contribution < 1.29 is 9.53 Å². The first-order valence-corrected chi connectivity index (χ1v) is 9.52. The minimum absolute atomic E-state index is 0.0496. The predicted molar refractivity (Wildman–Crippen MR) is 102 cm³/mol. The van der Waals surface area contributed by atoms with Crippen LogP contribution in [0.4, 0.5) is 0 Å². The molecule has 25 heavy (non-hydrogen) atoms. The van der Waals surface area contributed by atoms with Crippen molar-refractivity contribution in [1.29, 1.82) is 0 Å². The van der Waals surface area contributed by atoms with Crippen LogP contribution in [-0.4, -0.2) is 12.6 Å². The first-order chi connectivity index (χ1) is 12.2. The van der Waals surface area contributed by atoms with E-state index in [0.29, 0.717) is 12.5 Å². The van der Waals surface area contributed by atoms with Crippen LogP contribution in [0.5, 0.6) is 0 Å². The van der Waals surface area contributed by atoms with Gasteiger partial charge in [0.05, 0.1) is 12.5 Å². The van der Waals surface area contributed by atoms with E-state index in [9.17, 15) is 4.79 Å². The van der Waals surface area contributed by atoms with Gasteiger partial charge >= 0.3 is 5.97 Å². The van der Waals surface area contributed by atoms with Crippen molar-refractivity contribution in [3.05, 3.63) is 71.3 Å². The van der Waals surface area contributed by atoms with Gasteiger partial charge < -0.3 is 4.74 Å².